The Morgan fingerprint density at radius 3 is 2.95 bits per heavy atom. The van der Waals surface area contributed by atoms with Gasteiger partial charge in [-0.25, -0.2) is 4.57 Å². The zero-order valence-electron chi connectivity index (χ0n) is 22.1. The number of aromatic nitrogens is 1. The molecule has 0 spiro atoms. The lowest BCUT2D eigenvalue weighted by molar-refractivity contribution is 0.0838. The summed E-state index contributed by atoms with van der Waals surface area (Å²) in [5, 5.41) is 4.94. The van der Waals surface area contributed by atoms with Crippen molar-refractivity contribution in [3.8, 4) is 5.75 Å². The molecule has 0 saturated carbocycles. The standard InChI is InChI=1S/C30H39N3O3S/c1-3-4-8-22(2)30(35)33-27-21-24(13-11-23(27)12-14-29(33)34)36-19-6-5-16-31-17-18-32-26-9-7-10-28-25(26)15-20-37-28/h7,9,11-15,21-22,28,31H,3-6,8,10,16-20H2,1-2H3. The Hall–Kier alpha value is -2.64. The van der Waals surface area contributed by atoms with Crippen LogP contribution >= 0.6 is 11.8 Å². The summed E-state index contributed by atoms with van der Waals surface area (Å²) < 4.78 is 7.29. The van der Waals surface area contributed by atoms with Crippen molar-refractivity contribution in [2.45, 2.75) is 57.6 Å². The third kappa shape index (κ3) is 7.23. The van der Waals surface area contributed by atoms with Gasteiger partial charge in [0.2, 0.25) is 5.91 Å². The van der Waals surface area contributed by atoms with Gasteiger partial charge in [0.1, 0.15) is 5.75 Å². The summed E-state index contributed by atoms with van der Waals surface area (Å²) in [6.07, 6.45) is 12.6. The predicted molar refractivity (Wildman–Crippen MR) is 156 cm³/mol. The second kappa shape index (κ2) is 13.8. The minimum Gasteiger partial charge on any atom is -0.494 e. The molecule has 1 aliphatic carbocycles. The zero-order valence-corrected chi connectivity index (χ0v) is 22.9. The number of hydrogen-bond acceptors (Lipinski definition) is 6. The SMILES string of the molecule is CCCCC(C)C(=O)n1c(=O)ccc2ccc(OCCCCNCCN=C3C=CCC4SCC=C34)cc21. The molecule has 4 rings (SSSR count). The third-order valence-corrected chi connectivity index (χ3v) is 8.17. The van der Waals surface area contributed by atoms with E-state index in [4.69, 9.17) is 9.73 Å². The molecule has 1 N–H and O–H groups in total. The summed E-state index contributed by atoms with van der Waals surface area (Å²) in [4.78, 5) is 30.4. The highest BCUT2D eigenvalue weighted by Crippen LogP contribution is 2.33. The number of benzene rings is 1. The fraction of sp³-hybridized carbons (Fsp3) is 0.500. The fourth-order valence-corrected chi connectivity index (χ4v) is 5.94. The number of carbonyl (C=O) groups is 1. The maximum atomic E-state index is 13.0. The van der Waals surface area contributed by atoms with E-state index in [-0.39, 0.29) is 17.4 Å². The van der Waals surface area contributed by atoms with Crippen LogP contribution in [0.5, 0.6) is 5.75 Å². The van der Waals surface area contributed by atoms with Gasteiger partial charge in [0, 0.05) is 35.6 Å². The van der Waals surface area contributed by atoms with Gasteiger partial charge in [0.25, 0.3) is 5.56 Å². The van der Waals surface area contributed by atoms with Crippen LogP contribution in [0.15, 0.2) is 63.9 Å². The molecule has 2 aliphatic rings. The van der Waals surface area contributed by atoms with Crippen molar-refractivity contribution in [3.05, 3.63) is 64.5 Å². The number of pyridine rings is 1. The van der Waals surface area contributed by atoms with Gasteiger partial charge in [-0.15, -0.1) is 11.8 Å². The largest absolute Gasteiger partial charge is 0.494 e. The molecule has 1 aromatic heterocycles. The van der Waals surface area contributed by atoms with Gasteiger partial charge in [-0.3, -0.25) is 14.6 Å². The normalized spacial score (nSPS) is 18.7. The Labute approximate surface area is 224 Å². The molecule has 2 heterocycles. The molecular weight excluding hydrogens is 482 g/mol. The van der Waals surface area contributed by atoms with Gasteiger partial charge in [-0.2, -0.15) is 0 Å². The minimum absolute atomic E-state index is 0.143. The molecule has 1 aromatic carbocycles. The van der Waals surface area contributed by atoms with Gasteiger partial charge >= 0.3 is 0 Å². The van der Waals surface area contributed by atoms with E-state index >= 15 is 0 Å². The number of nitrogens with one attached hydrogen (secondary N) is 1. The molecular formula is C30H39N3O3S. The molecule has 37 heavy (non-hydrogen) atoms. The average Bonchev–Trinajstić information content (AvgIpc) is 3.40. The first-order valence-electron chi connectivity index (χ1n) is 13.6. The number of fused-ring (bicyclic) bond motifs is 2. The van der Waals surface area contributed by atoms with E-state index in [9.17, 15) is 9.59 Å². The number of rotatable bonds is 13. The molecule has 0 saturated heterocycles. The summed E-state index contributed by atoms with van der Waals surface area (Å²) in [5.41, 5.74) is 2.92. The number of ether oxygens (including phenoxy) is 1. The first-order valence-corrected chi connectivity index (χ1v) is 14.7. The van der Waals surface area contributed by atoms with Crippen LogP contribution in [0.2, 0.25) is 0 Å². The van der Waals surface area contributed by atoms with Crippen LogP contribution < -0.4 is 15.6 Å². The van der Waals surface area contributed by atoms with Crippen molar-refractivity contribution >= 4 is 34.3 Å². The number of nitrogens with zero attached hydrogens (tertiary/aromatic N) is 2. The Balaban J connectivity index is 1.21. The molecule has 0 bridgehead atoms. The van der Waals surface area contributed by atoms with Crippen molar-refractivity contribution < 1.29 is 9.53 Å². The monoisotopic (exact) mass is 521 g/mol. The molecule has 7 heteroatoms. The summed E-state index contributed by atoms with van der Waals surface area (Å²) in [6.45, 7) is 7.18. The average molecular weight is 522 g/mol. The fourth-order valence-electron chi connectivity index (χ4n) is 4.79. The lowest BCUT2D eigenvalue weighted by atomic mass is 9.98. The van der Waals surface area contributed by atoms with Crippen LogP contribution in [-0.2, 0) is 0 Å². The first kappa shape index (κ1) is 27.4. The Kier molecular flexibility index (Phi) is 10.2. The Morgan fingerprint density at radius 1 is 1.22 bits per heavy atom. The zero-order chi connectivity index (χ0) is 26.0. The van der Waals surface area contributed by atoms with Crippen molar-refractivity contribution in [1.29, 1.82) is 0 Å². The quantitative estimate of drug-likeness (QED) is 0.345. The molecule has 198 valence electrons. The second-order valence-electron chi connectivity index (χ2n) is 9.80. The molecule has 0 amide bonds. The topological polar surface area (TPSA) is 72.7 Å². The van der Waals surface area contributed by atoms with E-state index in [0.717, 1.165) is 75.0 Å². The van der Waals surface area contributed by atoms with Crippen molar-refractivity contribution in [2.24, 2.45) is 10.9 Å². The molecule has 2 atom stereocenters. The van der Waals surface area contributed by atoms with Crippen molar-refractivity contribution in [1.82, 2.24) is 9.88 Å². The molecule has 1 aliphatic heterocycles. The number of carbonyl (C=O) groups excluding carboxylic acids is 1. The van der Waals surface area contributed by atoms with Crippen LogP contribution in [0.1, 0.15) is 57.2 Å². The van der Waals surface area contributed by atoms with E-state index in [1.54, 1.807) is 6.07 Å². The molecule has 2 unspecified atom stereocenters. The van der Waals surface area contributed by atoms with E-state index in [2.05, 4.69) is 30.5 Å². The maximum absolute atomic E-state index is 13.0. The Bertz CT molecular complexity index is 1230. The lowest BCUT2D eigenvalue weighted by Crippen LogP contribution is -2.30. The van der Waals surface area contributed by atoms with E-state index in [0.29, 0.717) is 23.1 Å². The number of allylic oxidation sites excluding steroid dienone is 2. The van der Waals surface area contributed by atoms with Gasteiger partial charge < -0.3 is 10.1 Å². The van der Waals surface area contributed by atoms with Crippen molar-refractivity contribution in [2.75, 3.05) is 32.0 Å². The number of thioether (sulfide) groups is 1. The molecule has 6 nitrogen and oxygen atoms in total. The summed E-state index contributed by atoms with van der Waals surface area (Å²) in [5.74, 6) is 1.45. The molecule has 2 aromatic rings. The molecule has 0 fully saturated rings. The van der Waals surface area contributed by atoms with Crippen LogP contribution in [-0.4, -0.2) is 53.4 Å². The van der Waals surface area contributed by atoms with Gasteiger partial charge in [-0.1, -0.05) is 38.8 Å². The maximum Gasteiger partial charge on any atom is 0.257 e. The Morgan fingerprint density at radius 2 is 2.08 bits per heavy atom. The van der Waals surface area contributed by atoms with Crippen molar-refractivity contribution in [3.63, 3.8) is 0 Å². The lowest BCUT2D eigenvalue weighted by Gasteiger charge is -2.17. The van der Waals surface area contributed by atoms with Gasteiger partial charge in [-0.05, 0) is 67.5 Å². The number of aliphatic imine (C=N–C) groups is 1. The van der Waals surface area contributed by atoms with E-state index in [1.165, 1.54) is 16.2 Å². The van der Waals surface area contributed by atoms with Crippen LogP contribution in [0.4, 0.5) is 0 Å². The van der Waals surface area contributed by atoms with Gasteiger partial charge in [0.15, 0.2) is 0 Å². The highest BCUT2D eigenvalue weighted by atomic mass is 32.2. The molecule has 0 radical (unpaired) electrons. The third-order valence-electron chi connectivity index (χ3n) is 6.96. The van der Waals surface area contributed by atoms with Crippen LogP contribution in [0, 0.1) is 5.92 Å². The highest BCUT2D eigenvalue weighted by Gasteiger charge is 2.24. The van der Waals surface area contributed by atoms with Gasteiger partial charge in [0.05, 0.1) is 24.4 Å². The predicted octanol–water partition coefficient (Wildman–Crippen LogP) is 5.66. The number of unbranched alkanes of at least 4 members (excludes halogenated alkanes) is 2. The summed E-state index contributed by atoms with van der Waals surface area (Å²) in [6, 6.07) is 8.88. The van der Waals surface area contributed by atoms with E-state index in [1.807, 2.05) is 36.9 Å². The summed E-state index contributed by atoms with van der Waals surface area (Å²) >= 11 is 2.01. The van der Waals surface area contributed by atoms with Crippen LogP contribution in [0.3, 0.4) is 0 Å². The number of hydrogen-bond donors (Lipinski definition) is 1. The minimum atomic E-state index is -0.285. The smallest absolute Gasteiger partial charge is 0.257 e. The van der Waals surface area contributed by atoms with E-state index < -0.39 is 0 Å². The van der Waals surface area contributed by atoms with Crippen LogP contribution in [0.25, 0.3) is 10.9 Å². The first-order chi connectivity index (χ1) is 18.1. The second-order valence-corrected chi connectivity index (χ2v) is 11.0. The summed E-state index contributed by atoms with van der Waals surface area (Å²) in [7, 11) is 0. The highest BCUT2D eigenvalue weighted by molar-refractivity contribution is 8.00.